The Morgan fingerprint density at radius 2 is 2.13 bits per heavy atom. The minimum absolute atomic E-state index is 0.308. The number of hydrogen-bond acceptors (Lipinski definition) is 4. The summed E-state index contributed by atoms with van der Waals surface area (Å²) < 4.78 is 0. The van der Waals surface area contributed by atoms with E-state index in [9.17, 15) is 4.79 Å². The van der Waals surface area contributed by atoms with E-state index >= 15 is 0 Å². The van der Waals surface area contributed by atoms with E-state index in [4.69, 9.17) is 0 Å². The molecule has 0 spiro atoms. The van der Waals surface area contributed by atoms with Crippen LogP contribution in [0.2, 0.25) is 0 Å². The third-order valence-corrected chi connectivity index (χ3v) is 2.58. The number of aromatic nitrogens is 2. The van der Waals surface area contributed by atoms with E-state index in [1.807, 2.05) is 13.0 Å². The number of nitrogens with zero attached hydrogens (tertiary/aromatic N) is 3. The highest BCUT2D eigenvalue weighted by molar-refractivity contribution is 5.53. The van der Waals surface area contributed by atoms with Crippen molar-refractivity contribution in [2.45, 2.75) is 26.2 Å². The van der Waals surface area contributed by atoms with Crippen molar-refractivity contribution in [2.24, 2.45) is 0 Å². The molecule has 0 aliphatic carbocycles. The Hall–Kier alpha value is -1.45. The van der Waals surface area contributed by atoms with Crippen molar-refractivity contribution in [3.05, 3.63) is 17.6 Å². The van der Waals surface area contributed by atoms with Crippen LogP contribution in [0.1, 0.15) is 24.4 Å². The van der Waals surface area contributed by atoms with Crippen LogP contribution in [0.3, 0.4) is 0 Å². The lowest BCUT2D eigenvalue weighted by Gasteiger charge is -2.17. The Labute approximate surface area is 89.3 Å². The van der Waals surface area contributed by atoms with Crippen molar-refractivity contribution >= 4 is 12.1 Å². The van der Waals surface area contributed by atoms with Gasteiger partial charge in [-0.05, 0) is 19.8 Å². The van der Waals surface area contributed by atoms with E-state index in [1.165, 1.54) is 12.8 Å². The third kappa shape index (κ3) is 2.32. The molecule has 1 saturated heterocycles. The lowest BCUT2D eigenvalue weighted by atomic mass is 10.3. The second-order valence-corrected chi connectivity index (χ2v) is 3.85. The van der Waals surface area contributed by atoms with Gasteiger partial charge in [-0.2, -0.15) is 0 Å². The Morgan fingerprint density at radius 3 is 2.80 bits per heavy atom. The molecule has 0 atom stereocenters. The predicted octanol–water partition coefficient (Wildman–Crippen LogP) is 1.13. The maximum atomic E-state index is 10.4. The SMILES string of the molecule is Cc1cc(N2CCCC2)nc(CC=O)n1. The van der Waals surface area contributed by atoms with Gasteiger partial charge < -0.3 is 9.69 Å². The smallest absolute Gasteiger partial charge is 0.138 e. The quantitative estimate of drug-likeness (QED) is 0.694. The van der Waals surface area contributed by atoms with Crippen LogP contribution in [0.25, 0.3) is 0 Å². The summed E-state index contributed by atoms with van der Waals surface area (Å²) in [4.78, 5) is 21.3. The second-order valence-electron chi connectivity index (χ2n) is 3.85. The fourth-order valence-corrected chi connectivity index (χ4v) is 1.89. The van der Waals surface area contributed by atoms with Crippen LogP contribution in [0.4, 0.5) is 5.82 Å². The molecule has 1 aromatic rings. The van der Waals surface area contributed by atoms with E-state index < -0.39 is 0 Å². The molecule has 1 aromatic heterocycles. The van der Waals surface area contributed by atoms with Crippen molar-refractivity contribution in [1.82, 2.24) is 9.97 Å². The van der Waals surface area contributed by atoms with E-state index in [2.05, 4.69) is 14.9 Å². The fourth-order valence-electron chi connectivity index (χ4n) is 1.89. The first-order chi connectivity index (χ1) is 7.29. The zero-order valence-corrected chi connectivity index (χ0v) is 8.94. The number of carbonyl (C=O) groups is 1. The zero-order chi connectivity index (χ0) is 10.7. The van der Waals surface area contributed by atoms with Crippen molar-refractivity contribution in [3.8, 4) is 0 Å². The molecule has 0 N–H and O–H groups in total. The Bertz CT molecular complexity index is 359. The molecule has 4 heteroatoms. The summed E-state index contributed by atoms with van der Waals surface area (Å²) in [6, 6.07) is 1.99. The summed E-state index contributed by atoms with van der Waals surface area (Å²) in [7, 11) is 0. The summed E-state index contributed by atoms with van der Waals surface area (Å²) in [5, 5.41) is 0. The van der Waals surface area contributed by atoms with Crippen LogP contribution >= 0.6 is 0 Å². The largest absolute Gasteiger partial charge is 0.357 e. The molecular weight excluding hydrogens is 190 g/mol. The molecule has 1 aliphatic rings. The van der Waals surface area contributed by atoms with Gasteiger partial charge in [0.25, 0.3) is 0 Å². The molecule has 15 heavy (non-hydrogen) atoms. The first-order valence-corrected chi connectivity index (χ1v) is 5.33. The molecule has 0 amide bonds. The van der Waals surface area contributed by atoms with Gasteiger partial charge in [0.2, 0.25) is 0 Å². The molecule has 4 nitrogen and oxygen atoms in total. The standard InChI is InChI=1S/C11H15N3O/c1-9-8-11(14-5-2-3-6-14)13-10(12-9)4-7-15/h7-8H,2-6H2,1H3. The Kier molecular flexibility index (Phi) is 2.94. The van der Waals surface area contributed by atoms with Gasteiger partial charge in [0.05, 0.1) is 6.42 Å². The normalized spacial score (nSPS) is 15.7. The summed E-state index contributed by atoms with van der Waals surface area (Å²) in [5.74, 6) is 1.60. The topological polar surface area (TPSA) is 46.1 Å². The maximum Gasteiger partial charge on any atom is 0.138 e. The molecular formula is C11H15N3O. The molecule has 2 rings (SSSR count). The van der Waals surface area contributed by atoms with Gasteiger partial charge in [-0.1, -0.05) is 0 Å². The summed E-state index contributed by atoms with van der Waals surface area (Å²) in [5.41, 5.74) is 0.934. The average Bonchev–Trinajstić information content (AvgIpc) is 2.70. The number of carbonyl (C=O) groups excluding carboxylic acids is 1. The van der Waals surface area contributed by atoms with E-state index in [-0.39, 0.29) is 0 Å². The maximum absolute atomic E-state index is 10.4. The van der Waals surface area contributed by atoms with Gasteiger partial charge in [0.1, 0.15) is 17.9 Å². The van der Waals surface area contributed by atoms with Crippen LogP contribution in [0.15, 0.2) is 6.07 Å². The van der Waals surface area contributed by atoms with Crippen LogP contribution in [0, 0.1) is 6.92 Å². The minimum Gasteiger partial charge on any atom is -0.357 e. The molecule has 2 heterocycles. The molecule has 0 bridgehead atoms. The summed E-state index contributed by atoms with van der Waals surface area (Å²) >= 11 is 0. The predicted molar refractivity (Wildman–Crippen MR) is 58.0 cm³/mol. The monoisotopic (exact) mass is 205 g/mol. The van der Waals surface area contributed by atoms with Gasteiger partial charge in [-0.15, -0.1) is 0 Å². The molecule has 1 aliphatic heterocycles. The molecule has 0 unspecified atom stereocenters. The van der Waals surface area contributed by atoms with Crippen LogP contribution in [0.5, 0.6) is 0 Å². The Balaban J connectivity index is 2.25. The highest BCUT2D eigenvalue weighted by atomic mass is 16.1. The molecule has 0 radical (unpaired) electrons. The number of anilines is 1. The first kappa shape index (κ1) is 10.1. The van der Waals surface area contributed by atoms with E-state index in [1.54, 1.807) is 0 Å². The summed E-state index contributed by atoms with van der Waals surface area (Å²) in [6.07, 6.45) is 3.61. The van der Waals surface area contributed by atoms with Gasteiger partial charge in [-0.25, -0.2) is 9.97 Å². The fraction of sp³-hybridized carbons (Fsp3) is 0.545. The highest BCUT2D eigenvalue weighted by Crippen LogP contribution is 2.18. The highest BCUT2D eigenvalue weighted by Gasteiger charge is 2.14. The average molecular weight is 205 g/mol. The van der Waals surface area contributed by atoms with Crippen molar-refractivity contribution in [3.63, 3.8) is 0 Å². The van der Waals surface area contributed by atoms with Crippen molar-refractivity contribution < 1.29 is 4.79 Å². The number of rotatable bonds is 3. The first-order valence-electron chi connectivity index (χ1n) is 5.33. The van der Waals surface area contributed by atoms with Crippen LogP contribution in [-0.4, -0.2) is 29.3 Å². The lowest BCUT2D eigenvalue weighted by Crippen LogP contribution is -2.20. The molecule has 0 saturated carbocycles. The summed E-state index contributed by atoms with van der Waals surface area (Å²) in [6.45, 7) is 4.07. The number of aldehydes is 1. The second kappa shape index (κ2) is 4.38. The molecule has 80 valence electrons. The van der Waals surface area contributed by atoms with E-state index in [0.717, 1.165) is 30.9 Å². The van der Waals surface area contributed by atoms with E-state index in [0.29, 0.717) is 12.2 Å². The third-order valence-electron chi connectivity index (χ3n) is 2.58. The molecule has 0 aromatic carbocycles. The van der Waals surface area contributed by atoms with Crippen LogP contribution < -0.4 is 4.90 Å². The number of aryl methyl sites for hydroxylation is 1. The van der Waals surface area contributed by atoms with Gasteiger partial charge >= 0.3 is 0 Å². The zero-order valence-electron chi connectivity index (χ0n) is 8.94. The minimum atomic E-state index is 0.308. The molecule has 1 fully saturated rings. The van der Waals surface area contributed by atoms with Crippen LogP contribution in [-0.2, 0) is 11.2 Å². The van der Waals surface area contributed by atoms with Crippen molar-refractivity contribution in [2.75, 3.05) is 18.0 Å². The van der Waals surface area contributed by atoms with Gasteiger partial charge in [0.15, 0.2) is 0 Å². The Morgan fingerprint density at radius 1 is 1.40 bits per heavy atom. The van der Waals surface area contributed by atoms with Gasteiger partial charge in [0, 0.05) is 24.8 Å². The van der Waals surface area contributed by atoms with Crippen molar-refractivity contribution in [1.29, 1.82) is 0 Å². The van der Waals surface area contributed by atoms with Gasteiger partial charge in [-0.3, -0.25) is 0 Å². The number of hydrogen-bond donors (Lipinski definition) is 0. The lowest BCUT2D eigenvalue weighted by molar-refractivity contribution is -0.107.